The van der Waals surface area contributed by atoms with Gasteiger partial charge in [0.25, 0.3) is 10.0 Å². The number of aromatic nitrogens is 2. The third-order valence-corrected chi connectivity index (χ3v) is 4.92. The summed E-state index contributed by atoms with van der Waals surface area (Å²) in [6, 6.07) is 6.89. The van der Waals surface area contributed by atoms with Crippen LogP contribution in [0.25, 0.3) is 0 Å². The van der Waals surface area contributed by atoms with Crippen molar-refractivity contribution in [2.24, 2.45) is 0 Å². The van der Waals surface area contributed by atoms with E-state index >= 15 is 0 Å². The Morgan fingerprint density at radius 1 is 1.19 bits per heavy atom. The van der Waals surface area contributed by atoms with Gasteiger partial charge < -0.3 is 5.32 Å². The molecular formula is C13H18N4O2S2. The Labute approximate surface area is 128 Å². The van der Waals surface area contributed by atoms with Crippen molar-refractivity contribution in [1.29, 1.82) is 0 Å². The predicted octanol–water partition coefficient (Wildman–Crippen LogP) is 1.88. The molecule has 2 aromatic rings. The lowest BCUT2D eigenvalue weighted by Crippen LogP contribution is -2.18. The Hall–Kier alpha value is -1.51. The fourth-order valence-corrected chi connectivity index (χ4v) is 3.45. The molecule has 0 spiro atoms. The first kappa shape index (κ1) is 15.9. The molecule has 8 heteroatoms. The standard InChI is InChI=1S/C13H18N4O2S2/c1-2-8-14-9-7-11-3-5-12(6-4-11)21(18,19)17-13-16-15-10-20-13/h3-6,10,14H,2,7-9H2,1H3,(H,16,17). The molecule has 1 aromatic carbocycles. The van der Waals surface area contributed by atoms with Gasteiger partial charge in [0.15, 0.2) is 0 Å². The Morgan fingerprint density at radius 3 is 2.57 bits per heavy atom. The number of hydrogen-bond acceptors (Lipinski definition) is 6. The summed E-state index contributed by atoms with van der Waals surface area (Å²) < 4.78 is 26.6. The van der Waals surface area contributed by atoms with Crippen molar-refractivity contribution < 1.29 is 8.42 Å². The van der Waals surface area contributed by atoms with E-state index in [4.69, 9.17) is 0 Å². The lowest BCUT2D eigenvalue weighted by Gasteiger charge is -2.07. The van der Waals surface area contributed by atoms with Crippen LogP contribution >= 0.6 is 11.3 Å². The molecule has 0 aliphatic rings. The zero-order valence-corrected chi connectivity index (χ0v) is 13.4. The Bertz CT molecular complexity index is 639. The van der Waals surface area contributed by atoms with Crippen LogP contribution in [-0.4, -0.2) is 31.7 Å². The maximum atomic E-state index is 12.1. The van der Waals surface area contributed by atoms with Crippen molar-refractivity contribution in [3.8, 4) is 0 Å². The molecule has 2 N–H and O–H groups in total. The minimum Gasteiger partial charge on any atom is -0.316 e. The van der Waals surface area contributed by atoms with Crippen molar-refractivity contribution in [3.05, 3.63) is 35.3 Å². The van der Waals surface area contributed by atoms with Gasteiger partial charge in [0.1, 0.15) is 5.51 Å². The van der Waals surface area contributed by atoms with Crippen LogP contribution in [0.1, 0.15) is 18.9 Å². The second-order valence-corrected chi connectivity index (χ2v) is 7.01. The van der Waals surface area contributed by atoms with Gasteiger partial charge in [-0.05, 0) is 43.6 Å². The van der Waals surface area contributed by atoms with Gasteiger partial charge in [-0.1, -0.05) is 30.4 Å². The minimum absolute atomic E-state index is 0.225. The largest absolute Gasteiger partial charge is 0.316 e. The zero-order chi connectivity index (χ0) is 15.1. The number of hydrogen-bond donors (Lipinski definition) is 2. The number of sulfonamides is 1. The van der Waals surface area contributed by atoms with Gasteiger partial charge in [0.05, 0.1) is 4.90 Å². The summed E-state index contributed by atoms with van der Waals surface area (Å²) in [7, 11) is -3.59. The third kappa shape index (κ3) is 4.76. The summed E-state index contributed by atoms with van der Waals surface area (Å²) in [6.07, 6.45) is 1.98. The van der Waals surface area contributed by atoms with E-state index in [0.717, 1.165) is 42.8 Å². The average molecular weight is 326 g/mol. The van der Waals surface area contributed by atoms with Gasteiger partial charge in [-0.15, -0.1) is 10.2 Å². The fraction of sp³-hybridized carbons (Fsp3) is 0.385. The number of anilines is 1. The minimum atomic E-state index is -3.59. The van der Waals surface area contributed by atoms with E-state index < -0.39 is 10.0 Å². The van der Waals surface area contributed by atoms with E-state index in [1.54, 1.807) is 12.1 Å². The summed E-state index contributed by atoms with van der Waals surface area (Å²) in [6.45, 7) is 4.01. The zero-order valence-electron chi connectivity index (χ0n) is 11.7. The van der Waals surface area contributed by atoms with Crippen LogP contribution in [0.4, 0.5) is 5.13 Å². The first-order chi connectivity index (χ1) is 10.1. The molecule has 0 amide bonds. The molecular weight excluding hydrogens is 308 g/mol. The summed E-state index contributed by atoms with van der Waals surface area (Å²) >= 11 is 1.14. The van der Waals surface area contributed by atoms with Crippen LogP contribution < -0.4 is 10.0 Å². The SMILES string of the molecule is CCCNCCc1ccc(S(=O)(=O)Nc2nncs2)cc1. The molecule has 0 fully saturated rings. The molecule has 0 aliphatic carbocycles. The van der Waals surface area contributed by atoms with Crippen LogP contribution in [-0.2, 0) is 16.4 Å². The normalized spacial score (nSPS) is 11.5. The summed E-state index contributed by atoms with van der Waals surface area (Å²) in [5, 5.41) is 10.9. The van der Waals surface area contributed by atoms with Crippen LogP contribution in [0.5, 0.6) is 0 Å². The summed E-state index contributed by atoms with van der Waals surface area (Å²) in [4.78, 5) is 0.225. The van der Waals surface area contributed by atoms with Crippen LogP contribution in [0.15, 0.2) is 34.7 Å². The fourth-order valence-electron chi connectivity index (χ4n) is 1.76. The number of rotatable bonds is 8. The average Bonchev–Trinajstić information content (AvgIpc) is 2.96. The molecule has 0 unspecified atom stereocenters. The van der Waals surface area contributed by atoms with Gasteiger partial charge in [-0.25, -0.2) is 8.42 Å². The van der Waals surface area contributed by atoms with Crippen molar-refractivity contribution in [2.75, 3.05) is 17.8 Å². The van der Waals surface area contributed by atoms with Gasteiger partial charge in [0, 0.05) is 0 Å². The second kappa shape index (κ2) is 7.48. The quantitative estimate of drug-likeness (QED) is 0.724. The first-order valence-electron chi connectivity index (χ1n) is 6.70. The Morgan fingerprint density at radius 2 is 1.95 bits per heavy atom. The lowest BCUT2D eigenvalue weighted by atomic mass is 10.1. The number of benzene rings is 1. The van der Waals surface area contributed by atoms with Gasteiger partial charge in [0.2, 0.25) is 5.13 Å². The van der Waals surface area contributed by atoms with E-state index in [9.17, 15) is 8.42 Å². The molecule has 0 aliphatic heterocycles. The van der Waals surface area contributed by atoms with Crippen LogP contribution in [0, 0.1) is 0 Å². The summed E-state index contributed by atoms with van der Waals surface area (Å²) in [5.74, 6) is 0. The van der Waals surface area contributed by atoms with E-state index in [-0.39, 0.29) is 10.0 Å². The Balaban J connectivity index is 1.97. The first-order valence-corrected chi connectivity index (χ1v) is 9.07. The monoisotopic (exact) mass is 326 g/mol. The highest BCUT2D eigenvalue weighted by Gasteiger charge is 2.15. The second-order valence-electron chi connectivity index (χ2n) is 4.49. The highest BCUT2D eigenvalue weighted by Crippen LogP contribution is 2.17. The van der Waals surface area contributed by atoms with Gasteiger partial charge in [-0.2, -0.15) is 0 Å². The van der Waals surface area contributed by atoms with Crippen molar-refractivity contribution in [1.82, 2.24) is 15.5 Å². The predicted molar refractivity (Wildman–Crippen MR) is 84.0 cm³/mol. The molecule has 1 aromatic heterocycles. The topological polar surface area (TPSA) is 84.0 Å². The maximum Gasteiger partial charge on any atom is 0.263 e. The van der Waals surface area contributed by atoms with E-state index in [2.05, 4.69) is 27.2 Å². The molecule has 0 saturated carbocycles. The molecule has 2 rings (SSSR count). The van der Waals surface area contributed by atoms with E-state index in [1.165, 1.54) is 5.51 Å². The highest BCUT2D eigenvalue weighted by molar-refractivity contribution is 7.93. The number of nitrogens with one attached hydrogen (secondary N) is 2. The molecule has 0 radical (unpaired) electrons. The lowest BCUT2D eigenvalue weighted by molar-refractivity contribution is 0.601. The maximum absolute atomic E-state index is 12.1. The third-order valence-electron chi connectivity index (χ3n) is 2.83. The van der Waals surface area contributed by atoms with Crippen LogP contribution in [0.2, 0.25) is 0 Å². The molecule has 6 nitrogen and oxygen atoms in total. The summed E-state index contributed by atoms with van der Waals surface area (Å²) in [5.41, 5.74) is 2.58. The van der Waals surface area contributed by atoms with E-state index in [1.807, 2.05) is 12.1 Å². The molecule has 114 valence electrons. The molecule has 0 atom stereocenters. The van der Waals surface area contributed by atoms with Crippen molar-refractivity contribution in [3.63, 3.8) is 0 Å². The van der Waals surface area contributed by atoms with Crippen molar-refractivity contribution >= 4 is 26.5 Å². The van der Waals surface area contributed by atoms with Gasteiger partial charge >= 0.3 is 0 Å². The highest BCUT2D eigenvalue weighted by atomic mass is 32.2. The van der Waals surface area contributed by atoms with E-state index in [0.29, 0.717) is 0 Å². The molecule has 0 saturated heterocycles. The van der Waals surface area contributed by atoms with Gasteiger partial charge in [-0.3, -0.25) is 4.72 Å². The van der Waals surface area contributed by atoms with Crippen molar-refractivity contribution in [2.45, 2.75) is 24.7 Å². The molecule has 0 bridgehead atoms. The number of nitrogens with zero attached hydrogens (tertiary/aromatic N) is 2. The smallest absolute Gasteiger partial charge is 0.263 e. The molecule has 1 heterocycles. The molecule has 21 heavy (non-hydrogen) atoms. The van der Waals surface area contributed by atoms with Crippen LogP contribution in [0.3, 0.4) is 0 Å². The Kier molecular flexibility index (Phi) is 5.66.